The van der Waals surface area contributed by atoms with Crippen molar-refractivity contribution in [3.63, 3.8) is 0 Å². The molecule has 0 aromatic heterocycles. The lowest BCUT2D eigenvalue weighted by Gasteiger charge is -2.42. The van der Waals surface area contributed by atoms with Crippen LogP contribution in [0.25, 0.3) is 0 Å². The maximum atomic E-state index is 2.77. The van der Waals surface area contributed by atoms with E-state index in [4.69, 9.17) is 0 Å². The van der Waals surface area contributed by atoms with Gasteiger partial charge in [0.25, 0.3) is 0 Å². The third-order valence-electron chi connectivity index (χ3n) is 5.36. The molecule has 1 saturated carbocycles. The van der Waals surface area contributed by atoms with Crippen LogP contribution in [-0.2, 0) is 6.54 Å². The number of benzene rings is 1. The highest BCUT2D eigenvalue weighted by molar-refractivity contribution is 5.21. The predicted molar refractivity (Wildman–Crippen MR) is 89.4 cm³/mol. The summed E-state index contributed by atoms with van der Waals surface area (Å²) in [7, 11) is 0. The summed E-state index contributed by atoms with van der Waals surface area (Å²) in [5.41, 5.74) is 2.82. The Kier molecular flexibility index (Phi) is 4.97. The highest BCUT2D eigenvalue weighted by Crippen LogP contribution is 2.28. The van der Waals surface area contributed by atoms with Crippen molar-refractivity contribution in [1.82, 2.24) is 9.80 Å². The van der Waals surface area contributed by atoms with Gasteiger partial charge < -0.3 is 0 Å². The van der Waals surface area contributed by atoms with Gasteiger partial charge in [-0.15, -0.1) is 0 Å². The average molecular weight is 286 g/mol. The fraction of sp³-hybridized carbons (Fsp3) is 0.684. The van der Waals surface area contributed by atoms with Crippen molar-refractivity contribution in [2.24, 2.45) is 5.92 Å². The van der Waals surface area contributed by atoms with Gasteiger partial charge in [0.05, 0.1) is 0 Å². The molecule has 1 aromatic rings. The highest BCUT2D eigenvalue weighted by Gasteiger charge is 2.27. The molecule has 1 aliphatic carbocycles. The molecule has 0 radical (unpaired) electrons. The number of rotatable bonds is 3. The highest BCUT2D eigenvalue weighted by atomic mass is 15.3. The molecule has 1 aromatic carbocycles. The number of aryl methyl sites for hydroxylation is 1. The molecule has 21 heavy (non-hydrogen) atoms. The minimum Gasteiger partial charge on any atom is -0.298 e. The first-order valence-electron chi connectivity index (χ1n) is 8.72. The Morgan fingerprint density at radius 3 is 2.38 bits per heavy atom. The Hall–Kier alpha value is -0.860. The van der Waals surface area contributed by atoms with Crippen LogP contribution in [0.1, 0.15) is 43.7 Å². The van der Waals surface area contributed by atoms with Crippen LogP contribution in [0.2, 0.25) is 0 Å². The molecular formula is C19H30N2. The summed E-state index contributed by atoms with van der Waals surface area (Å²) >= 11 is 0. The minimum absolute atomic E-state index is 0.871. The monoisotopic (exact) mass is 286 g/mol. The second-order valence-corrected chi connectivity index (χ2v) is 7.22. The Balaban J connectivity index is 1.47. The molecule has 2 aliphatic rings. The molecular weight excluding hydrogens is 256 g/mol. The third kappa shape index (κ3) is 4.08. The SMILES string of the molecule is Cc1ccc(CN2CCN([C@@H]3CCC[C@H](C)C3)CC2)cc1. The van der Waals surface area contributed by atoms with Crippen molar-refractivity contribution in [2.75, 3.05) is 26.2 Å². The van der Waals surface area contributed by atoms with Crippen LogP contribution in [0.3, 0.4) is 0 Å². The Morgan fingerprint density at radius 2 is 1.71 bits per heavy atom. The molecule has 2 fully saturated rings. The second-order valence-electron chi connectivity index (χ2n) is 7.22. The quantitative estimate of drug-likeness (QED) is 0.836. The molecule has 2 heteroatoms. The molecule has 0 unspecified atom stereocenters. The van der Waals surface area contributed by atoms with Crippen LogP contribution in [0.4, 0.5) is 0 Å². The van der Waals surface area contributed by atoms with Crippen molar-refractivity contribution >= 4 is 0 Å². The van der Waals surface area contributed by atoms with Crippen molar-refractivity contribution in [3.8, 4) is 0 Å². The first-order valence-corrected chi connectivity index (χ1v) is 8.72. The molecule has 3 rings (SSSR count). The molecule has 1 saturated heterocycles. The van der Waals surface area contributed by atoms with E-state index in [0.717, 1.165) is 18.5 Å². The topological polar surface area (TPSA) is 6.48 Å². The summed E-state index contributed by atoms with van der Waals surface area (Å²) in [5, 5.41) is 0. The summed E-state index contributed by atoms with van der Waals surface area (Å²) in [5.74, 6) is 0.939. The molecule has 0 spiro atoms. The van der Waals surface area contributed by atoms with Gasteiger partial charge in [-0.1, -0.05) is 49.6 Å². The van der Waals surface area contributed by atoms with Crippen LogP contribution < -0.4 is 0 Å². The Bertz CT molecular complexity index is 431. The summed E-state index contributed by atoms with van der Waals surface area (Å²) in [6.45, 7) is 10.7. The first kappa shape index (κ1) is 15.1. The second kappa shape index (κ2) is 6.93. The largest absolute Gasteiger partial charge is 0.298 e. The van der Waals surface area contributed by atoms with E-state index in [1.807, 2.05) is 0 Å². The van der Waals surface area contributed by atoms with Gasteiger partial charge in [-0.2, -0.15) is 0 Å². The molecule has 0 amide bonds. The number of nitrogens with zero attached hydrogens (tertiary/aromatic N) is 2. The zero-order chi connectivity index (χ0) is 14.7. The lowest BCUT2D eigenvalue weighted by Crippen LogP contribution is -2.50. The van der Waals surface area contributed by atoms with Gasteiger partial charge in [-0.3, -0.25) is 9.80 Å². The van der Waals surface area contributed by atoms with E-state index in [0.29, 0.717) is 0 Å². The van der Waals surface area contributed by atoms with E-state index in [-0.39, 0.29) is 0 Å². The van der Waals surface area contributed by atoms with E-state index in [1.54, 1.807) is 0 Å². The van der Waals surface area contributed by atoms with Crippen LogP contribution >= 0.6 is 0 Å². The standard InChI is InChI=1S/C19H30N2/c1-16-6-8-18(9-7-16)15-20-10-12-21(13-11-20)19-5-3-4-17(2)14-19/h6-9,17,19H,3-5,10-15H2,1-2H3/t17-,19+/m0/s1. The van der Waals surface area contributed by atoms with Gasteiger partial charge in [-0.25, -0.2) is 0 Å². The molecule has 2 nitrogen and oxygen atoms in total. The summed E-state index contributed by atoms with van der Waals surface area (Å²) < 4.78 is 0. The third-order valence-corrected chi connectivity index (χ3v) is 5.36. The number of hydrogen-bond donors (Lipinski definition) is 0. The summed E-state index contributed by atoms with van der Waals surface area (Å²) in [6, 6.07) is 9.90. The summed E-state index contributed by atoms with van der Waals surface area (Å²) in [4.78, 5) is 5.38. The maximum Gasteiger partial charge on any atom is 0.0234 e. The predicted octanol–water partition coefficient (Wildman–Crippen LogP) is 3.69. The molecule has 2 atom stereocenters. The fourth-order valence-corrected chi connectivity index (χ4v) is 3.97. The molecule has 0 N–H and O–H groups in total. The van der Waals surface area contributed by atoms with E-state index in [2.05, 4.69) is 47.9 Å². The van der Waals surface area contributed by atoms with E-state index < -0.39 is 0 Å². The average Bonchev–Trinajstić information content (AvgIpc) is 2.50. The van der Waals surface area contributed by atoms with Gasteiger partial charge in [0.15, 0.2) is 0 Å². The van der Waals surface area contributed by atoms with Crippen LogP contribution in [0.15, 0.2) is 24.3 Å². The molecule has 1 heterocycles. The smallest absolute Gasteiger partial charge is 0.0234 e. The van der Waals surface area contributed by atoms with E-state index in [1.165, 1.54) is 63.0 Å². The van der Waals surface area contributed by atoms with Gasteiger partial charge >= 0.3 is 0 Å². The molecule has 116 valence electrons. The normalized spacial score (nSPS) is 28.7. The van der Waals surface area contributed by atoms with Gasteiger partial charge in [0.1, 0.15) is 0 Å². The first-order chi connectivity index (χ1) is 10.2. The minimum atomic E-state index is 0.871. The van der Waals surface area contributed by atoms with E-state index in [9.17, 15) is 0 Å². The Morgan fingerprint density at radius 1 is 1.00 bits per heavy atom. The van der Waals surface area contributed by atoms with Crippen molar-refractivity contribution < 1.29 is 0 Å². The number of hydrogen-bond acceptors (Lipinski definition) is 2. The van der Waals surface area contributed by atoms with Crippen LogP contribution in [0, 0.1) is 12.8 Å². The zero-order valence-electron chi connectivity index (χ0n) is 13.7. The number of piperazine rings is 1. The van der Waals surface area contributed by atoms with Gasteiger partial charge in [0.2, 0.25) is 0 Å². The maximum absolute atomic E-state index is 2.77. The van der Waals surface area contributed by atoms with Crippen molar-refractivity contribution in [2.45, 2.75) is 52.1 Å². The van der Waals surface area contributed by atoms with Gasteiger partial charge in [0, 0.05) is 38.8 Å². The summed E-state index contributed by atoms with van der Waals surface area (Å²) in [6.07, 6.45) is 5.75. The fourth-order valence-electron chi connectivity index (χ4n) is 3.97. The zero-order valence-corrected chi connectivity index (χ0v) is 13.7. The Labute approximate surface area is 130 Å². The molecule has 1 aliphatic heterocycles. The molecule has 0 bridgehead atoms. The lowest BCUT2D eigenvalue weighted by molar-refractivity contribution is 0.0659. The van der Waals surface area contributed by atoms with Crippen molar-refractivity contribution in [3.05, 3.63) is 35.4 Å². The van der Waals surface area contributed by atoms with Crippen LogP contribution in [-0.4, -0.2) is 42.0 Å². The van der Waals surface area contributed by atoms with E-state index >= 15 is 0 Å². The van der Waals surface area contributed by atoms with Gasteiger partial charge in [-0.05, 0) is 31.2 Å². The van der Waals surface area contributed by atoms with Crippen LogP contribution in [0.5, 0.6) is 0 Å². The lowest BCUT2D eigenvalue weighted by atomic mass is 9.86. The van der Waals surface area contributed by atoms with Crippen molar-refractivity contribution in [1.29, 1.82) is 0 Å².